The van der Waals surface area contributed by atoms with Crippen molar-refractivity contribution >= 4 is 11.7 Å². The van der Waals surface area contributed by atoms with Gasteiger partial charge in [-0.25, -0.2) is 13.6 Å². The lowest BCUT2D eigenvalue weighted by Crippen LogP contribution is -2.31. The van der Waals surface area contributed by atoms with Crippen molar-refractivity contribution in [3.8, 4) is 5.75 Å². The van der Waals surface area contributed by atoms with E-state index >= 15 is 0 Å². The van der Waals surface area contributed by atoms with Crippen LogP contribution >= 0.6 is 0 Å². The minimum atomic E-state index is -0.942. The van der Waals surface area contributed by atoms with Crippen LogP contribution in [0.2, 0.25) is 0 Å². The van der Waals surface area contributed by atoms with Gasteiger partial charge in [0.15, 0.2) is 11.6 Å². The van der Waals surface area contributed by atoms with Gasteiger partial charge >= 0.3 is 6.03 Å². The lowest BCUT2D eigenvalue weighted by molar-refractivity contribution is 0.249. The zero-order valence-corrected chi connectivity index (χ0v) is 12.9. The number of amides is 2. The average molecular weight is 320 g/mol. The van der Waals surface area contributed by atoms with Crippen molar-refractivity contribution in [3.05, 3.63) is 59.7 Å². The molecule has 1 unspecified atom stereocenters. The smallest absolute Gasteiger partial charge is 0.319 e. The Morgan fingerprint density at radius 3 is 2.43 bits per heavy atom. The van der Waals surface area contributed by atoms with E-state index in [9.17, 15) is 13.6 Å². The molecule has 1 atom stereocenters. The van der Waals surface area contributed by atoms with E-state index in [-0.39, 0.29) is 0 Å². The van der Waals surface area contributed by atoms with Crippen LogP contribution in [0.1, 0.15) is 25.5 Å². The molecule has 0 bridgehead atoms. The normalized spacial score (nSPS) is 11.7. The van der Waals surface area contributed by atoms with Crippen molar-refractivity contribution in [2.24, 2.45) is 0 Å². The molecule has 0 saturated heterocycles. The van der Waals surface area contributed by atoms with Gasteiger partial charge in [-0.2, -0.15) is 0 Å². The molecule has 23 heavy (non-hydrogen) atoms. The van der Waals surface area contributed by atoms with Crippen LogP contribution in [0.3, 0.4) is 0 Å². The summed E-state index contributed by atoms with van der Waals surface area (Å²) in [5, 5.41) is 5.33. The highest BCUT2D eigenvalue weighted by Gasteiger charge is 2.12. The Labute approximate surface area is 133 Å². The fourth-order valence-corrected chi connectivity index (χ4v) is 2.03. The number of carbonyl (C=O) groups excluding carboxylic acids is 1. The zero-order chi connectivity index (χ0) is 16.8. The van der Waals surface area contributed by atoms with Crippen molar-refractivity contribution in [1.82, 2.24) is 5.32 Å². The van der Waals surface area contributed by atoms with E-state index in [0.29, 0.717) is 23.6 Å². The van der Waals surface area contributed by atoms with Crippen LogP contribution in [-0.4, -0.2) is 12.6 Å². The molecule has 0 aliphatic heterocycles. The first-order valence-electron chi connectivity index (χ1n) is 7.25. The highest BCUT2D eigenvalue weighted by Crippen LogP contribution is 2.18. The van der Waals surface area contributed by atoms with Crippen molar-refractivity contribution in [3.63, 3.8) is 0 Å². The zero-order valence-electron chi connectivity index (χ0n) is 12.9. The molecule has 0 radical (unpaired) electrons. The predicted octanol–water partition coefficient (Wildman–Crippen LogP) is 4.25. The van der Waals surface area contributed by atoms with Gasteiger partial charge in [-0.3, -0.25) is 0 Å². The third-order valence-corrected chi connectivity index (χ3v) is 3.21. The summed E-state index contributed by atoms with van der Waals surface area (Å²) < 4.78 is 31.4. The Hall–Kier alpha value is -2.63. The van der Waals surface area contributed by atoms with E-state index in [1.807, 2.05) is 6.92 Å². The van der Waals surface area contributed by atoms with Gasteiger partial charge in [0.25, 0.3) is 0 Å². The van der Waals surface area contributed by atoms with Crippen molar-refractivity contribution in [1.29, 1.82) is 0 Å². The van der Waals surface area contributed by atoms with Gasteiger partial charge in [0.05, 0.1) is 12.6 Å². The maximum atomic E-state index is 13.2. The van der Waals surface area contributed by atoms with Gasteiger partial charge in [0.1, 0.15) is 5.75 Å². The molecule has 0 aliphatic carbocycles. The average Bonchev–Trinajstić information content (AvgIpc) is 2.52. The molecule has 2 N–H and O–H groups in total. The second-order valence-electron chi connectivity index (χ2n) is 4.95. The molecule has 2 aromatic rings. The SMILES string of the molecule is CCOc1ccc(NC(=O)NC(C)c2ccc(F)c(F)c2)cc1. The number of hydrogen-bond acceptors (Lipinski definition) is 2. The topological polar surface area (TPSA) is 50.4 Å². The Balaban J connectivity index is 1.94. The van der Waals surface area contributed by atoms with Crippen molar-refractivity contribution in [2.45, 2.75) is 19.9 Å². The molecule has 6 heteroatoms. The Bertz CT molecular complexity index is 675. The number of nitrogens with one attached hydrogen (secondary N) is 2. The molecule has 0 aliphatic rings. The van der Waals surface area contributed by atoms with Crippen LogP contribution in [0.5, 0.6) is 5.75 Å². The number of urea groups is 1. The van der Waals surface area contributed by atoms with Gasteiger partial charge in [-0.15, -0.1) is 0 Å². The number of benzene rings is 2. The first-order chi connectivity index (χ1) is 11.0. The quantitative estimate of drug-likeness (QED) is 0.865. The molecule has 0 fully saturated rings. The molecular weight excluding hydrogens is 302 g/mol. The maximum absolute atomic E-state index is 13.2. The van der Waals surface area contributed by atoms with Crippen LogP contribution < -0.4 is 15.4 Å². The number of hydrogen-bond donors (Lipinski definition) is 2. The van der Waals surface area contributed by atoms with E-state index in [2.05, 4.69) is 10.6 Å². The van der Waals surface area contributed by atoms with Crippen LogP contribution in [0.25, 0.3) is 0 Å². The summed E-state index contributed by atoms with van der Waals surface area (Å²) in [5.41, 5.74) is 1.08. The Kier molecular flexibility index (Phi) is 5.51. The number of ether oxygens (including phenoxy) is 1. The standard InChI is InChI=1S/C17H18F2N2O2/c1-3-23-14-7-5-13(6-8-14)21-17(22)20-11(2)12-4-9-15(18)16(19)10-12/h4-11H,3H2,1-2H3,(H2,20,21,22). The van der Waals surface area contributed by atoms with Gasteiger partial charge < -0.3 is 15.4 Å². The summed E-state index contributed by atoms with van der Waals surface area (Å²) in [7, 11) is 0. The summed E-state index contributed by atoms with van der Waals surface area (Å²) in [4.78, 5) is 11.9. The van der Waals surface area contributed by atoms with E-state index in [0.717, 1.165) is 12.1 Å². The fraction of sp³-hybridized carbons (Fsp3) is 0.235. The molecule has 2 aromatic carbocycles. The maximum Gasteiger partial charge on any atom is 0.319 e. The molecule has 2 amide bonds. The number of carbonyl (C=O) groups is 1. The molecule has 0 aromatic heterocycles. The molecule has 122 valence electrons. The summed E-state index contributed by atoms with van der Waals surface area (Å²) in [6, 6.07) is 9.55. The third-order valence-electron chi connectivity index (χ3n) is 3.21. The summed E-state index contributed by atoms with van der Waals surface area (Å²) in [5.74, 6) is -1.14. The van der Waals surface area contributed by atoms with Gasteiger partial charge in [0, 0.05) is 5.69 Å². The second kappa shape index (κ2) is 7.58. The fourth-order valence-electron chi connectivity index (χ4n) is 2.03. The van der Waals surface area contributed by atoms with E-state index in [1.165, 1.54) is 6.07 Å². The first kappa shape index (κ1) is 16.7. The number of halogens is 2. The lowest BCUT2D eigenvalue weighted by Gasteiger charge is -2.15. The van der Waals surface area contributed by atoms with Gasteiger partial charge in [-0.1, -0.05) is 6.07 Å². The number of rotatable bonds is 5. The summed E-state index contributed by atoms with van der Waals surface area (Å²) >= 11 is 0. The van der Waals surface area contributed by atoms with Gasteiger partial charge in [0.2, 0.25) is 0 Å². The Morgan fingerprint density at radius 2 is 1.83 bits per heavy atom. The van der Waals surface area contributed by atoms with Crippen molar-refractivity contribution < 1.29 is 18.3 Å². The Morgan fingerprint density at radius 1 is 1.13 bits per heavy atom. The van der Waals surface area contributed by atoms with E-state index in [1.54, 1.807) is 31.2 Å². The number of anilines is 1. The second-order valence-corrected chi connectivity index (χ2v) is 4.95. The largest absolute Gasteiger partial charge is 0.494 e. The van der Waals surface area contributed by atoms with Crippen LogP contribution in [0, 0.1) is 11.6 Å². The summed E-state index contributed by atoms with van der Waals surface area (Å²) in [6.07, 6.45) is 0. The minimum absolute atomic E-state index is 0.439. The highest BCUT2D eigenvalue weighted by atomic mass is 19.2. The molecule has 0 spiro atoms. The van der Waals surface area contributed by atoms with Crippen LogP contribution in [-0.2, 0) is 0 Å². The molecule has 2 rings (SSSR count). The van der Waals surface area contributed by atoms with Gasteiger partial charge in [-0.05, 0) is 55.8 Å². The lowest BCUT2D eigenvalue weighted by atomic mass is 10.1. The predicted molar refractivity (Wildman–Crippen MR) is 84.5 cm³/mol. The van der Waals surface area contributed by atoms with Crippen molar-refractivity contribution in [2.75, 3.05) is 11.9 Å². The monoisotopic (exact) mass is 320 g/mol. The first-order valence-corrected chi connectivity index (χ1v) is 7.25. The van der Waals surface area contributed by atoms with Crippen LogP contribution in [0.15, 0.2) is 42.5 Å². The van der Waals surface area contributed by atoms with Crippen LogP contribution in [0.4, 0.5) is 19.3 Å². The van der Waals surface area contributed by atoms with E-state index in [4.69, 9.17) is 4.74 Å². The third kappa shape index (κ3) is 4.67. The molecular formula is C17H18F2N2O2. The minimum Gasteiger partial charge on any atom is -0.494 e. The highest BCUT2D eigenvalue weighted by molar-refractivity contribution is 5.89. The summed E-state index contributed by atoms with van der Waals surface area (Å²) in [6.45, 7) is 4.14. The molecule has 0 heterocycles. The molecule has 4 nitrogen and oxygen atoms in total. The van der Waals surface area contributed by atoms with E-state index < -0.39 is 23.7 Å². The molecule has 0 saturated carbocycles.